The fourth-order valence-electron chi connectivity index (χ4n) is 2.27. The lowest BCUT2D eigenvalue weighted by molar-refractivity contribution is 0.278. The van der Waals surface area contributed by atoms with Crippen molar-refractivity contribution in [2.24, 2.45) is 0 Å². The second-order valence-electron chi connectivity index (χ2n) is 4.36. The predicted molar refractivity (Wildman–Crippen MR) is 68.8 cm³/mol. The van der Waals surface area contributed by atoms with E-state index in [1.165, 1.54) is 0 Å². The molecule has 0 atom stereocenters. The number of aryl methyl sites for hydroxylation is 1. The van der Waals surface area contributed by atoms with Gasteiger partial charge >= 0.3 is 0 Å². The molecular formula is C14H17NO2. The first-order chi connectivity index (χ1) is 8.10. The first kappa shape index (κ1) is 11.9. The third-order valence-electron chi connectivity index (χ3n) is 3.26. The molecule has 1 N–H and O–H groups in total. The molecule has 3 heteroatoms. The standard InChI is InChI=1S/C14H17NO2/c1-4-5-11-7-15-13(10(11)3)6-9(2)12(8-16)14(15)17/h5-6,16H,3-4,7-8H2,1-2H3/b11-5+. The highest BCUT2D eigenvalue weighted by Crippen LogP contribution is 2.30. The number of aliphatic hydroxyl groups excluding tert-OH is 1. The van der Waals surface area contributed by atoms with Gasteiger partial charge in [-0.2, -0.15) is 0 Å². The molecule has 0 aromatic carbocycles. The van der Waals surface area contributed by atoms with Crippen LogP contribution in [0, 0.1) is 6.92 Å². The third-order valence-corrected chi connectivity index (χ3v) is 3.26. The van der Waals surface area contributed by atoms with Gasteiger partial charge < -0.3 is 9.67 Å². The largest absolute Gasteiger partial charge is 0.391 e. The highest BCUT2D eigenvalue weighted by molar-refractivity contribution is 5.78. The van der Waals surface area contributed by atoms with Gasteiger partial charge in [0, 0.05) is 5.56 Å². The summed E-state index contributed by atoms with van der Waals surface area (Å²) >= 11 is 0. The number of aromatic nitrogens is 1. The number of allylic oxidation sites excluding steroid dienone is 3. The number of hydrogen-bond donors (Lipinski definition) is 1. The Morgan fingerprint density at radius 3 is 2.88 bits per heavy atom. The van der Waals surface area contributed by atoms with Gasteiger partial charge in [0.05, 0.1) is 18.8 Å². The Bertz CT molecular complexity index is 564. The van der Waals surface area contributed by atoms with Crippen LogP contribution in [-0.4, -0.2) is 9.67 Å². The first-order valence-electron chi connectivity index (χ1n) is 5.83. The van der Waals surface area contributed by atoms with Crippen molar-refractivity contribution in [1.82, 2.24) is 4.57 Å². The van der Waals surface area contributed by atoms with Gasteiger partial charge in [-0.3, -0.25) is 4.79 Å². The molecule has 0 radical (unpaired) electrons. The van der Waals surface area contributed by atoms with Crippen LogP contribution in [-0.2, 0) is 13.2 Å². The summed E-state index contributed by atoms with van der Waals surface area (Å²) in [6.07, 6.45) is 3.03. The average Bonchev–Trinajstić information content (AvgIpc) is 2.59. The Kier molecular flexibility index (Phi) is 3.03. The van der Waals surface area contributed by atoms with Gasteiger partial charge in [-0.25, -0.2) is 0 Å². The number of nitrogens with zero attached hydrogens (tertiary/aromatic N) is 1. The molecule has 2 heterocycles. The Labute approximate surface area is 101 Å². The zero-order valence-electron chi connectivity index (χ0n) is 10.3. The fraction of sp³-hybridized carbons (Fsp3) is 0.357. The van der Waals surface area contributed by atoms with Gasteiger partial charge in [0.1, 0.15) is 0 Å². The van der Waals surface area contributed by atoms with Gasteiger partial charge in [-0.15, -0.1) is 0 Å². The molecule has 0 unspecified atom stereocenters. The summed E-state index contributed by atoms with van der Waals surface area (Å²) in [4.78, 5) is 12.1. The van der Waals surface area contributed by atoms with Crippen LogP contribution < -0.4 is 5.56 Å². The van der Waals surface area contributed by atoms with Crippen molar-refractivity contribution in [1.29, 1.82) is 0 Å². The Balaban J connectivity index is 2.64. The van der Waals surface area contributed by atoms with Crippen LogP contribution in [0.25, 0.3) is 5.57 Å². The maximum absolute atomic E-state index is 12.1. The molecule has 1 aromatic rings. The first-order valence-corrected chi connectivity index (χ1v) is 5.83. The van der Waals surface area contributed by atoms with Crippen molar-refractivity contribution in [3.8, 4) is 0 Å². The minimum Gasteiger partial charge on any atom is -0.391 e. The van der Waals surface area contributed by atoms with Crippen molar-refractivity contribution < 1.29 is 5.11 Å². The predicted octanol–water partition coefficient (Wildman–Crippen LogP) is 2.01. The molecular weight excluding hydrogens is 214 g/mol. The van der Waals surface area contributed by atoms with Crippen LogP contribution in [0.15, 0.2) is 29.1 Å². The summed E-state index contributed by atoms with van der Waals surface area (Å²) in [5.41, 5.74) is 4.14. The number of aliphatic hydroxyl groups is 1. The Morgan fingerprint density at radius 1 is 1.59 bits per heavy atom. The van der Waals surface area contributed by atoms with Crippen LogP contribution in [0.4, 0.5) is 0 Å². The smallest absolute Gasteiger partial charge is 0.257 e. The van der Waals surface area contributed by atoms with E-state index in [0.717, 1.165) is 28.8 Å². The summed E-state index contributed by atoms with van der Waals surface area (Å²) in [6.45, 7) is 8.33. The van der Waals surface area contributed by atoms with E-state index in [9.17, 15) is 9.90 Å². The number of rotatable bonds is 2. The van der Waals surface area contributed by atoms with E-state index >= 15 is 0 Å². The lowest BCUT2D eigenvalue weighted by atomic mass is 10.1. The molecule has 1 aliphatic heterocycles. The molecule has 1 aromatic heterocycles. The van der Waals surface area contributed by atoms with Crippen LogP contribution in [0.1, 0.15) is 30.2 Å². The fourth-order valence-corrected chi connectivity index (χ4v) is 2.27. The van der Waals surface area contributed by atoms with E-state index in [2.05, 4.69) is 19.6 Å². The Morgan fingerprint density at radius 2 is 2.29 bits per heavy atom. The molecule has 0 fully saturated rings. The van der Waals surface area contributed by atoms with Crippen molar-refractivity contribution in [2.45, 2.75) is 33.4 Å². The van der Waals surface area contributed by atoms with Crippen molar-refractivity contribution in [3.63, 3.8) is 0 Å². The van der Waals surface area contributed by atoms with E-state index in [1.54, 1.807) is 4.57 Å². The highest BCUT2D eigenvalue weighted by Gasteiger charge is 2.22. The topological polar surface area (TPSA) is 42.2 Å². The average molecular weight is 231 g/mol. The summed E-state index contributed by atoms with van der Waals surface area (Å²) < 4.78 is 1.70. The third kappa shape index (κ3) is 1.76. The maximum atomic E-state index is 12.1. The van der Waals surface area contributed by atoms with Gasteiger partial charge in [0.15, 0.2) is 0 Å². The lowest BCUT2D eigenvalue weighted by Gasteiger charge is -2.07. The van der Waals surface area contributed by atoms with Crippen molar-refractivity contribution in [3.05, 3.63) is 51.5 Å². The summed E-state index contributed by atoms with van der Waals surface area (Å²) in [6, 6.07) is 1.94. The molecule has 1 aliphatic rings. The molecule has 3 nitrogen and oxygen atoms in total. The van der Waals surface area contributed by atoms with Gasteiger partial charge in [-0.05, 0) is 36.1 Å². The molecule has 0 amide bonds. The highest BCUT2D eigenvalue weighted by atomic mass is 16.3. The molecule has 0 saturated heterocycles. The zero-order chi connectivity index (χ0) is 12.6. The molecule has 0 spiro atoms. The Hall–Kier alpha value is -1.61. The van der Waals surface area contributed by atoms with E-state index in [4.69, 9.17) is 0 Å². The second-order valence-corrected chi connectivity index (χ2v) is 4.36. The van der Waals surface area contributed by atoms with Crippen molar-refractivity contribution in [2.75, 3.05) is 0 Å². The van der Waals surface area contributed by atoms with Crippen LogP contribution in [0.2, 0.25) is 0 Å². The van der Waals surface area contributed by atoms with E-state index < -0.39 is 0 Å². The SMILES string of the molecule is C=C1/C(=C/CC)Cn2c1cc(C)c(CO)c2=O. The van der Waals surface area contributed by atoms with Crippen molar-refractivity contribution >= 4 is 5.57 Å². The quantitative estimate of drug-likeness (QED) is 0.846. The minimum absolute atomic E-state index is 0.0943. The molecule has 17 heavy (non-hydrogen) atoms. The number of pyridine rings is 1. The second kappa shape index (κ2) is 4.34. The summed E-state index contributed by atoms with van der Waals surface area (Å²) in [5, 5.41) is 9.22. The molecule has 0 saturated carbocycles. The monoisotopic (exact) mass is 231 g/mol. The zero-order valence-corrected chi connectivity index (χ0v) is 10.3. The molecule has 0 bridgehead atoms. The molecule has 0 aliphatic carbocycles. The van der Waals surface area contributed by atoms with Crippen LogP contribution in [0.5, 0.6) is 0 Å². The normalized spacial score (nSPS) is 16.6. The number of fused-ring (bicyclic) bond motifs is 1. The van der Waals surface area contributed by atoms with Gasteiger partial charge in [0.25, 0.3) is 5.56 Å². The number of hydrogen-bond acceptors (Lipinski definition) is 2. The van der Waals surface area contributed by atoms with E-state index in [1.807, 2.05) is 13.0 Å². The van der Waals surface area contributed by atoms with Gasteiger partial charge in [0.2, 0.25) is 0 Å². The maximum Gasteiger partial charge on any atom is 0.257 e. The summed E-state index contributed by atoms with van der Waals surface area (Å²) in [5.74, 6) is 0. The molecule has 90 valence electrons. The molecule has 2 rings (SSSR count). The van der Waals surface area contributed by atoms with E-state index in [-0.39, 0.29) is 12.2 Å². The lowest BCUT2D eigenvalue weighted by Crippen LogP contribution is -2.24. The van der Waals surface area contributed by atoms with E-state index in [0.29, 0.717) is 12.1 Å². The minimum atomic E-state index is -0.204. The van der Waals surface area contributed by atoms with Crippen LogP contribution >= 0.6 is 0 Å². The van der Waals surface area contributed by atoms with Crippen LogP contribution in [0.3, 0.4) is 0 Å². The van der Waals surface area contributed by atoms with Gasteiger partial charge in [-0.1, -0.05) is 19.6 Å². The summed E-state index contributed by atoms with van der Waals surface area (Å²) in [7, 11) is 0.